The Labute approximate surface area is 160 Å². The van der Waals surface area contributed by atoms with Crippen LogP contribution >= 0.6 is 0 Å². The first-order valence-electron chi connectivity index (χ1n) is 7.71. The quantitative estimate of drug-likeness (QED) is 0.498. The zero-order valence-electron chi connectivity index (χ0n) is 14.5. The van der Waals surface area contributed by atoms with Gasteiger partial charge in [0.1, 0.15) is 4.90 Å². The fraction of sp³-hybridized carbons (Fsp3) is 0.286. The minimum atomic E-state index is -5.02. The summed E-state index contributed by atoms with van der Waals surface area (Å²) in [6, 6.07) is 1.79. The second-order valence-electron chi connectivity index (χ2n) is 5.49. The Morgan fingerprint density at radius 2 is 1.97 bits per heavy atom. The average molecular weight is 434 g/mol. The minimum absolute atomic E-state index is 0.0467. The van der Waals surface area contributed by atoms with Crippen LogP contribution in [0.1, 0.15) is 17.0 Å². The Kier molecular flexibility index (Phi) is 5.29. The van der Waals surface area contributed by atoms with Gasteiger partial charge in [0, 0.05) is 12.3 Å². The van der Waals surface area contributed by atoms with Gasteiger partial charge in [-0.2, -0.15) is 22.7 Å². The van der Waals surface area contributed by atoms with E-state index in [2.05, 4.69) is 20.1 Å². The van der Waals surface area contributed by atoms with Gasteiger partial charge in [-0.05, 0) is 6.07 Å². The highest BCUT2D eigenvalue weighted by Crippen LogP contribution is 2.35. The number of aliphatic hydroxyl groups excluding tert-OH is 2. The molecule has 0 atom stereocenters. The van der Waals surface area contributed by atoms with Gasteiger partial charge < -0.3 is 14.9 Å². The predicted octanol–water partition coefficient (Wildman–Crippen LogP) is 0.332. The molecule has 0 spiro atoms. The lowest BCUT2D eigenvalue weighted by molar-refractivity contribution is -0.140. The van der Waals surface area contributed by atoms with Crippen LogP contribution in [0.5, 0.6) is 5.88 Å². The number of fused-ring (bicyclic) bond motifs is 1. The zero-order chi connectivity index (χ0) is 21.4. The van der Waals surface area contributed by atoms with Crippen molar-refractivity contribution in [1.82, 2.24) is 24.6 Å². The van der Waals surface area contributed by atoms with Crippen LogP contribution in [-0.2, 0) is 29.4 Å². The number of aromatic nitrogens is 5. The summed E-state index contributed by atoms with van der Waals surface area (Å²) in [5.41, 5.74) is -2.06. The topological polar surface area (TPSA) is 152 Å². The first kappa shape index (κ1) is 20.7. The van der Waals surface area contributed by atoms with E-state index >= 15 is 0 Å². The van der Waals surface area contributed by atoms with Gasteiger partial charge in [-0.15, -0.1) is 5.10 Å². The van der Waals surface area contributed by atoms with Crippen molar-refractivity contribution in [1.29, 1.82) is 0 Å². The second kappa shape index (κ2) is 7.41. The van der Waals surface area contributed by atoms with Gasteiger partial charge in [0.25, 0.3) is 21.7 Å². The highest BCUT2D eigenvalue weighted by Gasteiger charge is 2.39. The fourth-order valence-electron chi connectivity index (χ4n) is 2.46. The van der Waals surface area contributed by atoms with Crippen LogP contribution in [0.25, 0.3) is 5.78 Å². The average Bonchev–Trinajstić information content (AvgIpc) is 3.07. The molecule has 0 aliphatic carbocycles. The summed E-state index contributed by atoms with van der Waals surface area (Å²) in [4.78, 5) is 9.94. The Morgan fingerprint density at radius 3 is 2.55 bits per heavy atom. The van der Waals surface area contributed by atoms with Crippen LogP contribution in [0.2, 0.25) is 0 Å². The normalized spacial score (nSPS) is 12.3. The van der Waals surface area contributed by atoms with Crippen LogP contribution in [0, 0.1) is 0 Å². The molecule has 0 bridgehead atoms. The van der Waals surface area contributed by atoms with Crippen molar-refractivity contribution in [2.75, 3.05) is 11.8 Å². The molecule has 3 N–H and O–H groups in total. The molecule has 15 heteroatoms. The molecule has 0 aliphatic heterocycles. The maximum absolute atomic E-state index is 13.3. The first-order valence-corrected chi connectivity index (χ1v) is 9.19. The molecule has 29 heavy (non-hydrogen) atoms. The van der Waals surface area contributed by atoms with Crippen molar-refractivity contribution in [2.45, 2.75) is 24.3 Å². The number of anilines is 1. The lowest BCUT2D eigenvalue weighted by atomic mass is 10.2. The predicted molar refractivity (Wildman–Crippen MR) is 89.2 cm³/mol. The lowest BCUT2D eigenvalue weighted by Crippen LogP contribution is -2.22. The summed E-state index contributed by atoms with van der Waals surface area (Å²) >= 11 is 0. The smallest absolute Gasteiger partial charge is 0.417 e. The number of methoxy groups -OCH3 is 1. The maximum atomic E-state index is 13.3. The SMILES string of the molecule is COc1cc(CO)nc2nc(NS(=O)(=O)c3c(C(F)(F)F)ccnc3CO)nn12. The highest BCUT2D eigenvalue weighted by molar-refractivity contribution is 7.92. The molecular formula is C14H13F3N6O5S. The number of pyridine rings is 1. The molecule has 0 amide bonds. The summed E-state index contributed by atoms with van der Waals surface area (Å²) in [5, 5.41) is 22.3. The van der Waals surface area contributed by atoms with Crippen LogP contribution in [-0.4, -0.2) is 50.3 Å². The third kappa shape index (κ3) is 3.92. The van der Waals surface area contributed by atoms with E-state index in [9.17, 15) is 31.8 Å². The van der Waals surface area contributed by atoms with E-state index in [0.717, 1.165) is 10.7 Å². The second-order valence-corrected chi connectivity index (χ2v) is 7.11. The van der Waals surface area contributed by atoms with Crippen LogP contribution < -0.4 is 9.46 Å². The molecule has 3 rings (SSSR count). The molecule has 0 aliphatic rings. The first-order chi connectivity index (χ1) is 13.6. The number of alkyl halides is 3. The number of hydrogen-bond donors (Lipinski definition) is 3. The summed E-state index contributed by atoms with van der Waals surface area (Å²) < 4.78 is 73.1. The number of nitrogens with zero attached hydrogens (tertiary/aromatic N) is 5. The number of halogens is 3. The molecule has 0 saturated heterocycles. The number of nitrogens with one attached hydrogen (secondary N) is 1. The molecule has 0 saturated carbocycles. The van der Waals surface area contributed by atoms with E-state index in [1.165, 1.54) is 13.2 Å². The van der Waals surface area contributed by atoms with Crippen LogP contribution in [0.4, 0.5) is 19.1 Å². The van der Waals surface area contributed by atoms with E-state index in [1.54, 1.807) is 0 Å². The van der Waals surface area contributed by atoms with Crippen molar-refractivity contribution in [3.8, 4) is 5.88 Å². The van der Waals surface area contributed by atoms with Gasteiger partial charge in [-0.1, -0.05) is 0 Å². The Morgan fingerprint density at radius 1 is 1.24 bits per heavy atom. The third-order valence-corrected chi connectivity index (χ3v) is 5.08. The summed E-state index contributed by atoms with van der Waals surface area (Å²) in [7, 11) is -3.62. The molecule has 3 aromatic rings. The zero-order valence-corrected chi connectivity index (χ0v) is 15.4. The number of aliphatic hydroxyl groups is 2. The van der Waals surface area contributed by atoms with Crippen molar-refractivity contribution < 1.29 is 36.5 Å². The van der Waals surface area contributed by atoms with Crippen molar-refractivity contribution in [3.05, 3.63) is 35.3 Å². The third-order valence-electron chi connectivity index (χ3n) is 3.63. The monoisotopic (exact) mass is 434 g/mol. The molecule has 156 valence electrons. The molecule has 0 radical (unpaired) electrons. The Bertz CT molecular complexity index is 1160. The van der Waals surface area contributed by atoms with Crippen LogP contribution in [0.3, 0.4) is 0 Å². The van der Waals surface area contributed by atoms with Gasteiger partial charge >= 0.3 is 6.18 Å². The molecular weight excluding hydrogens is 421 g/mol. The molecule has 3 heterocycles. The van der Waals surface area contributed by atoms with Crippen LogP contribution in [0.15, 0.2) is 23.2 Å². The number of rotatable bonds is 6. The van der Waals surface area contributed by atoms with Gasteiger partial charge in [0.15, 0.2) is 0 Å². The van der Waals surface area contributed by atoms with Gasteiger partial charge in [-0.25, -0.2) is 18.1 Å². The van der Waals surface area contributed by atoms with Gasteiger partial charge in [-0.3, -0.25) is 4.98 Å². The Balaban J connectivity index is 2.12. The van der Waals surface area contributed by atoms with E-state index in [4.69, 9.17) is 4.74 Å². The van der Waals surface area contributed by atoms with E-state index < -0.39 is 51.5 Å². The summed E-state index contributed by atoms with van der Waals surface area (Å²) in [5.74, 6) is -0.729. The Hall–Kier alpha value is -3.04. The van der Waals surface area contributed by atoms with Crippen molar-refractivity contribution >= 4 is 21.7 Å². The van der Waals surface area contributed by atoms with E-state index in [1.807, 2.05) is 4.72 Å². The minimum Gasteiger partial charge on any atom is -0.481 e. The van der Waals surface area contributed by atoms with Gasteiger partial charge in [0.05, 0.1) is 37.3 Å². The van der Waals surface area contributed by atoms with E-state index in [-0.39, 0.29) is 17.4 Å². The highest BCUT2D eigenvalue weighted by atomic mass is 32.2. The number of sulfonamides is 1. The fourth-order valence-corrected chi connectivity index (χ4v) is 3.79. The molecule has 11 nitrogen and oxygen atoms in total. The van der Waals surface area contributed by atoms with Gasteiger partial charge in [0.2, 0.25) is 5.88 Å². The number of ether oxygens (including phenoxy) is 1. The van der Waals surface area contributed by atoms with E-state index in [0.29, 0.717) is 6.07 Å². The summed E-state index contributed by atoms with van der Waals surface area (Å²) in [6.45, 7) is -1.51. The summed E-state index contributed by atoms with van der Waals surface area (Å²) in [6.07, 6.45) is -4.29. The van der Waals surface area contributed by atoms with Crippen molar-refractivity contribution in [2.24, 2.45) is 0 Å². The van der Waals surface area contributed by atoms with Crippen molar-refractivity contribution in [3.63, 3.8) is 0 Å². The standard InChI is InChI=1S/C14H13F3N6O5S/c1-28-10-4-7(5-24)19-13-20-12(21-23(10)13)22-29(26,27)11-8(14(15,16)17)2-3-18-9(11)6-25/h2-4,24-25H,5-6H2,1H3,(H,21,22). The maximum Gasteiger partial charge on any atom is 0.417 e. The molecule has 0 fully saturated rings. The molecule has 0 aromatic carbocycles. The lowest BCUT2D eigenvalue weighted by Gasteiger charge is -2.15. The molecule has 3 aromatic heterocycles. The largest absolute Gasteiger partial charge is 0.481 e. The molecule has 0 unspecified atom stereocenters. The number of hydrogen-bond acceptors (Lipinski definition) is 9.